The largest absolute Gasteiger partial charge is 0.497 e. The summed E-state index contributed by atoms with van der Waals surface area (Å²) in [7, 11) is 1.37. The van der Waals surface area contributed by atoms with Gasteiger partial charge in [0.1, 0.15) is 5.75 Å². The summed E-state index contributed by atoms with van der Waals surface area (Å²) in [6, 6.07) is 3.60. The van der Waals surface area contributed by atoms with Crippen molar-refractivity contribution in [3.63, 3.8) is 0 Å². The van der Waals surface area contributed by atoms with Gasteiger partial charge in [-0.2, -0.15) is 13.2 Å². The molecule has 0 fully saturated rings. The highest BCUT2D eigenvalue weighted by Crippen LogP contribution is 2.37. The highest BCUT2D eigenvalue weighted by molar-refractivity contribution is 6.31. The highest BCUT2D eigenvalue weighted by Gasteiger charge is 2.40. The van der Waals surface area contributed by atoms with Gasteiger partial charge < -0.3 is 9.84 Å². The molecule has 1 aromatic carbocycles. The average molecular weight is 241 g/mol. The number of aliphatic hydroxyl groups excluding tert-OH is 1. The molecule has 6 heteroatoms. The fourth-order valence-corrected chi connectivity index (χ4v) is 1.31. The van der Waals surface area contributed by atoms with Crippen LogP contribution in [0.25, 0.3) is 0 Å². The van der Waals surface area contributed by atoms with E-state index in [1.54, 1.807) is 0 Å². The van der Waals surface area contributed by atoms with Crippen molar-refractivity contribution < 1.29 is 23.0 Å². The molecule has 84 valence electrons. The lowest BCUT2D eigenvalue weighted by molar-refractivity contribution is -0.206. The second-order valence-corrected chi connectivity index (χ2v) is 3.24. The van der Waals surface area contributed by atoms with Crippen molar-refractivity contribution in [1.29, 1.82) is 0 Å². The van der Waals surface area contributed by atoms with E-state index in [0.29, 0.717) is 5.75 Å². The van der Waals surface area contributed by atoms with Crippen LogP contribution in [0.3, 0.4) is 0 Å². The molecular formula is C9H8ClF3O2. The summed E-state index contributed by atoms with van der Waals surface area (Å²) in [5.41, 5.74) is -0.384. The van der Waals surface area contributed by atoms with Gasteiger partial charge in [-0.25, -0.2) is 0 Å². The highest BCUT2D eigenvalue weighted by atomic mass is 35.5. The molecule has 15 heavy (non-hydrogen) atoms. The van der Waals surface area contributed by atoms with Crippen LogP contribution in [-0.2, 0) is 0 Å². The molecule has 0 radical (unpaired) electrons. The maximum atomic E-state index is 12.2. The lowest BCUT2D eigenvalue weighted by Gasteiger charge is -2.16. The lowest BCUT2D eigenvalue weighted by Crippen LogP contribution is -2.20. The number of hydrogen-bond acceptors (Lipinski definition) is 2. The van der Waals surface area contributed by atoms with Crippen LogP contribution in [-0.4, -0.2) is 18.4 Å². The molecule has 0 spiro atoms. The molecule has 0 heterocycles. The van der Waals surface area contributed by atoms with Crippen LogP contribution in [0.2, 0.25) is 5.02 Å². The maximum absolute atomic E-state index is 12.2. The zero-order valence-corrected chi connectivity index (χ0v) is 8.43. The van der Waals surface area contributed by atoms with Crippen molar-refractivity contribution in [2.75, 3.05) is 7.11 Å². The Kier molecular flexibility index (Phi) is 3.46. The van der Waals surface area contributed by atoms with Crippen LogP contribution in [0, 0.1) is 0 Å². The predicted octanol–water partition coefficient (Wildman–Crippen LogP) is 2.94. The standard InChI is InChI=1S/C9H8ClF3O2/c1-15-5-2-3-6(7(10)4-5)8(14)9(11,12)13/h2-4,8,14H,1H3/t8-/m1/s1. The predicted molar refractivity (Wildman–Crippen MR) is 49.0 cm³/mol. The summed E-state index contributed by atoms with van der Waals surface area (Å²) < 4.78 is 41.2. The Hall–Kier alpha value is -0.940. The van der Waals surface area contributed by atoms with Crippen LogP contribution >= 0.6 is 11.6 Å². The average Bonchev–Trinajstić information content (AvgIpc) is 2.15. The first-order valence-electron chi connectivity index (χ1n) is 3.94. The molecule has 1 N–H and O–H groups in total. The van der Waals surface area contributed by atoms with Gasteiger partial charge in [-0.05, 0) is 12.1 Å². The molecule has 0 saturated carbocycles. The Morgan fingerprint density at radius 2 is 2.00 bits per heavy atom. The first-order valence-corrected chi connectivity index (χ1v) is 4.32. The smallest absolute Gasteiger partial charge is 0.418 e. The van der Waals surface area contributed by atoms with E-state index < -0.39 is 12.3 Å². The van der Waals surface area contributed by atoms with Crippen LogP contribution < -0.4 is 4.74 Å². The normalized spacial score (nSPS) is 13.7. The van der Waals surface area contributed by atoms with Gasteiger partial charge in [0.2, 0.25) is 0 Å². The Morgan fingerprint density at radius 1 is 1.40 bits per heavy atom. The summed E-state index contributed by atoms with van der Waals surface area (Å²) in [5, 5.41) is 8.77. The van der Waals surface area contributed by atoms with Crippen LogP contribution in [0.1, 0.15) is 11.7 Å². The van der Waals surface area contributed by atoms with Gasteiger partial charge in [0.15, 0.2) is 6.10 Å². The van der Waals surface area contributed by atoms with Crippen molar-refractivity contribution in [1.82, 2.24) is 0 Å². The maximum Gasteiger partial charge on any atom is 0.418 e. The summed E-state index contributed by atoms with van der Waals surface area (Å²) in [4.78, 5) is 0. The monoisotopic (exact) mass is 240 g/mol. The third-order valence-corrected chi connectivity index (χ3v) is 2.14. The van der Waals surface area contributed by atoms with Gasteiger partial charge >= 0.3 is 6.18 Å². The van der Waals surface area contributed by atoms with E-state index in [2.05, 4.69) is 0 Å². The Bertz CT molecular complexity index is 352. The van der Waals surface area contributed by atoms with E-state index in [0.717, 1.165) is 6.07 Å². The van der Waals surface area contributed by atoms with Crippen LogP contribution in [0.15, 0.2) is 18.2 Å². The fraction of sp³-hybridized carbons (Fsp3) is 0.333. The number of benzene rings is 1. The summed E-state index contributed by atoms with van der Waals surface area (Å²) in [6.07, 6.45) is -7.30. The van der Waals surface area contributed by atoms with Gasteiger partial charge in [-0.3, -0.25) is 0 Å². The van der Waals surface area contributed by atoms with Crippen LogP contribution in [0.5, 0.6) is 5.75 Å². The molecule has 0 aromatic heterocycles. The third kappa shape index (κ3) is 2.76. The molecule has 1 aromatic rings. The number of methoxy groups -OCH3 is 1. The van der Waals surface area contributed by atoms with Gasteiger partial charge in [-0.1, -0.05) is 17.7 Å². The van der Waals surface area contributed by atoms with Crippen molar-refractivity contribution in [2.24, 2.45) is 0 Å². The van der Waals surface area contributed by atoms with Crippen molar-refractivity contribution in [2.45, 2.75) is 12.3 Å². The van der Waals surface area contributed by atoms with Gasteiger partial charge in [0, 0.05) is 5.56 Å². The van der Waals surface area contributed by atoms with E-state index in [9.17, 15) is 13.2 Å². The number of alkyl halides is 3. The quantitative estimate of drug-likeness (QED) is 0.861. The molecule has 0 aliphatic carbocycles. The van der Waals surface area contributed by atoms with Crippen molar-refractivity contribution in [3.8, 4) is 5.75 Å². The second kappa shape index (κ2) is 4.28. The van der Waals surface area contributed by atoms with Crippen molar-refractivity contribution in [3.05, 3.63) is 28.8 Å². The lowest BCUT2D eigenvalue weighted by atomic mass is 10.1. The number of hydrogen-bond donors (Lipinski definition) is 1. The molecule has 0 aliphatic rings. The third-order valence-electron chi connectivity index (χ3n) is 1.81. The Morgan fingerprint density at radius 3 is 2.40 bits per heavy atom. The molecule has 0 aliphatic heterocycles. The zero-order chi connectivity index (χ0) is 11.6. The molecule has 2 nitrogen and oxygen atoms in total. The number of ether oxygens (including phenoxy) is 1. The summed E-state index contributed by atoms with van der Waals surface area (Å²) in [5.74, 6) is 0.332. The van der Waals surface area contributed by atoms with Crippen molar-refractivity contribution >= 4 is 11.6 Å². The van der Waals surface area contributed by atoms with Gasteiger partial charge in [0.05, 0.1) is 12.1 Å². The molecule has 0 amide bonds. The van der Waals surface area contributed by atoms with Gasteiger partial charge in [-0.15, -0.1) is 0 Å². The number of halogens is 4. The summed E-state index contributed by atoms with van der Waals surface area (Å²) in [6.45, 7) is 0. The van der Waals surface area contributed by atoms with E-state index in [1.165, 1.54) is 19.2 Å². The Balaban J connectivity index is 3.06. The summed E-state index contributed by atoms with van der Waals surface area (Å²) >= 11 is 5.57. The van der Waals surface area contributed by atoms with E-state index in [1.807, 2.05) is 0 Å². The van der Waals surface area contributed by atoms with E-state index in [-0.39, 0.29) is 10.6 Å². The number of aliphatic hydroxyl groups is 1. The number of rotatable bonds is 2. The zero-order valence-electron chi connectivity index (χ0n) is 7.68. The van der Waals surface area contributed by atoms with Crippen LogP contribution in [0.4, 0.5) is 13.2 Å². The molecule has 1 atom stereocenters. The van der Waals surface area contributed by atoms with E-state index in [4.69, 9.17) is 21.4 Å². The SMILES string of the molecule is COc1ccc([C@@H](O)C(F)(F)F)c(Cl)c1. The fourth-order valence-electron chi connectivity index (χ4n) is 1.03. The minimum atomic E-state index is -4.72. The first-order chi connectivity index (χ1) is 6.86. The van der Waals surface area contributed by atoms with Gasteiger partial charge in [0.25, 0.3) is 0 Å². The molecule has 0 saturated heterocycles. The molecule has 0 bridgehead atoms. The topological polar surface area (TPSA) is 29.5 Å². The van der Waals surface area contributed by atoms with E-state index >= 15 is 0 Å². The molecule has 0 unspecified atom stereocenters. The second-order valence-electron chi connectivity index (χ2n) is 2.83. The Labute approximate surface area is 89.2 Å². The minimum absolute atomic E-state index is 0.181. The minimum Gasteiger partial charge on any atom is -0.497 e. The first kappa shape index (κ1) is 12.1. The molecular weight excluding hydrogens is 233 g/mol. The molecule has 1 rings (SSSR count).